The van der Waals surface area contributed by atoms with Crippen molar-refractivity contribution < 1.29 is 8.78 Å². The van der Waals surface area contributed by atoms with Gasteiger partial charge in [-0.3, -0.25) is 0 Å². The highest BCUT2D eigenvalue weighted by Gasteiger charge is 2.40. The van der Waals surface area contributed by atoms with Crippen molar-refractivity contribution >= 4 is 0 Å². The molecule has 2 aliphatic rings. The summed E-state index contributed by atoms with van der Waals surface area (Å²) in [5.74, 6) is -0.302. The third-order valence-electron chi connectivity index (χ3n) is 5.69. The van der Waals surface area contributed by atoms with Crippen LogP contribution in [0.1, 0.15) is 71.6 Å². The van der Waals surface area contributed by atoms with E-state index in [0.29, 0.717) is 24.8 Å². The average Bonchev–Trinajstić information content (AvgIpc) is 2.45. The van der Waals surface area contributed by atoms with Crippen molar-refractivity contribution in [2.24, 2.45) is 17.8 Å². The van der Waals surface area contributed by atoms with Gasteiger partial charge < -0.3 is 5.32 Å². The molecule has 0 aromatic heterocycles. The number of halogens is 2. The monoisotopic (exact) mass is 287 g/mol. The number of alkyl halides is 2. The van der Waals surface area contributed by atoms with E-state index < -0.39 is 5.92 Å². The first-order valence-corrected chi connectivity index (χ1v) is 8.67. The first-order valence-electron chi connectivity index (χ1n) is 8.67. The lowest BCUT2D eigenvalue weighted by Gasteiger charge is -2.41. The third-order valence-corrected chi connectivity index (χ3v) is 5.69. The van der Waals surface area contributed by atoms with Gasteiger partial charge in [-0.1, -0.05) is 33.1 Å². The quantitative estimate of drug-likeness (QED) is 0.749. The summed E-state index contributed by atoms with van der Waals surface area (Å²) in [5, 5.41) is 3.64. The Morgan fingerprint density at radius 2 is 1.50 bits per heavy atom. The molecule has 2 aliphatic carbocycles. The lowest BCUT2D eigenvalue weighted by atomic mass is 9.71. The van der Waals surface area contributed by atoms with E-state index in [1.807, 2.05) is 0 Å². The minimum atomic E-state index is -2.40. The topological polar surface area (TPSA) is 12.0 Å². The van der Waals surface area contributed by atoms with Crippen LogP contribution in [-0.4, -0.2) is 18.5 Å². The van der Waals surface area contributed by atoms with Gasteiger partial charge in [0.05, 0.1) is 0 Å². The van der Waals surface area contributed by atoms with E-state index in [-0.39, 0.29) is 12.8 Å². The fraction of sp³-hybridized carbons (Fsp3) is 1.00. The molecular formula is C17H31F2N. The largest absolute Gasteiger partial charge is 0.314 e. The number of hydrogen-bond donors (Lipinski definition) is 1. The Hall–Kier alpha value is -0.180. The van der Waals surface area contributed by atoms with Crippen molar-refractivity contribution in [1.82, 2.24) is 5.32 Å². The molecule has 0 saturated heterocycles. The summed E-state index contributed by atoms with van der Waals surface area (Å²) in [7, 11) is 0. The van der Waals surface area contributed by atoms with Crippen LogP contribution in [0.15, 0.2) is 0 Å². The second-order valence-electron chi connectivity index (χ2n) is 6.97. The van der Waals surface area contributed by atoms with E-state index in [9.17, 15) is 8.78 Å². The van der Waals surface area contributed by atoms with Crippen molar-refractivity contribution in [2.75, 3.05) is 6.54 Å². The maximum absolute atomic E-state index is 13.3. The molecule has 20 heavy (non-hydrogen) atoms. The minimum absolute atomic E-state index is 0.101. The molecule has 1 nitrogen and oxygen atoms in total. The van der Waals surface area contributed by atoms with Crippen LogP contribution in [0.25, 0.3) is 0 Å². The molecule has 3 heteroatoms. The lowest BCUT2D eigenvalue weighted by Crippen LogP contribution is -2.45. The van der Waals surface area contributed by atoms with Crippen LogP contribution in [0.2, 0.25) is 0 Å². The zero-order valence-electron chi connectivity index (χ0n) is 13.1. The van der Waals surface area contributed by atoms with Gasteiger partial charge in [-0.2, -0.15) is 0 Å². The summed E-state index contributed by atoms with van der Waals surface area (Å²) in [4.78, 5) is 0. The summed E-state index contributed by atoms with van der Waals surface area (Å²) in [6.07, 6.45) is 8.18. The predicted molar refractivity (Wildman–Crippen MR) is 80.1 cm³/mol. The smallest absolute Gasteiger partial charge is 0.248 e. The van der Waals surface area contributed by atoms with Gasteiger partial charge in [-0.25, -0.2) is 8.78 Å². The van der Waals surface area contributed by atoms with Crippen LogP contribution < -0.4 is 5.32 Å². The summed E-state index contributed by atoms with van der Waals surface area (Å²) >= 11 is 0. The molecule has 118 valence electrons. The maximum Gasteiger partial charge on any atom is 0.248 e. The second kappa shape index (κ2) is 7.20. The van der Waals surface area contributed by atoms with Crippen LogP contribution in [-0.2, 0) is 0 Å². The van der Waals surface area contributed by atoms with Gasteiger partial charge in [0, 0.05) is 18.9 Å². The van der Waals surface area contributed by atoms with E-state index >= 15 is 0 Å². The van der Waals surface area contributed by atoms with E-state index in [4.69, 9.17) is 0 Å². The molecule has 0 radical (unpaired) electrons. The van der Waals surface area contributed by atoms with Gasteiger partial charge >= 0.3 is 0 Å². The molecule has 2 rings (SSSR count). The molecule has 1 atom stereocenters. The Morgan fingerprint density at radius 1 is 0.950 bits per heavy atom. The maximum atomic E-state index is 13.3. The van der Waals surface area contributed by atoms with E-state index in [0.717, 1.165) is 18.4 Å². The molecular weight excluding hydrogens is 256 g/mol. The van der Waals surface area contributed by atoms with Crippen LogP contribution >= 0.6 is 0 Å². The highest BCUT2D eigenvalue weighted by Crippen LogP contribution is 2.42. The molecule has 0 aliphatic heterocycles. The van der Waals surface area contributed by atoms with Crippen LogP contribution in [0, 0.1) is 17.8 Å². The van der Waals surface area contributed by atoms with Gasteiger partial charge in [0.25, 0.3) is 0 Å². The van der Waals surface area contributed by atoms with Crippen molar-refractivity contribution in [3.63, 3.8) is 0 Å². The third kappa shape index (κ3) is 4.16. The highest BCUT2D eigenvalue weighted by atomic mass is 19.3. The second-order valence-corrected chi connectivity index (χ2v) is 6.97. The molecule has 0 spiro atoms. The Kier molecular flexibility index (Phi) is 5.83. The molecule has 2 saturated carbocycles. The summed E-state index contributed by atoms with van der Waals surface area (Å²) in [6.45, 7) is 5.39. The zero-order valence-corrected chi connectivity index (χ0v) is 13.1. The van der Waals surface area contributed by atoms with Crippen LogP contribution in [0.4, 0.5) is 8.78 Å². The van der Waals surface area contributed by atoms with Gasteiger partial charge in [0.15, 0.2) is 0 Å². The minimum Gasteiger partial charge on any atom is -0.314 e. The zero-order chi connectivity index (χ0) is 14.6. The van der Waals surface area contributed by atoms with E-state index in [1.165, 1.54) is 32.1 Å². The fourth-order valence-electron chi connectivity index (χ4n) is 4.33. The van der Waals surface area contributed by atoms with Gasteiger partial charge in [0.2, 0.25) is 5.92 Å². The fourth-order valence-corrected chi connectivity index (χ4v) is 4.33. The van der Waals surface area contributed by atoms with E-state index in [2.05, 4.69) is 19.2 Å². The molecule has 2 fully saturated rings. The number of rotatable bonds is 5. The Bertz CT molecular complexity index is 275. The first kappa shape index (κ1) is 16.2. The standard InChI is InChI=1S/C17H31F2N/c1-3-13-5-7-14(8-6-13)16(20-4-2)15-9-11-17(18,19)12-10-15/h13-16,20H,3-12H2,1-2H3. The SMILES string of the molecule is CCNC(C1CCC(CC)CC1)C1CCC(F)(F)CC1. The average molecular weight is 287 g/mol. The molecule has 0 aromatic carbocycles. The van der Waals surface area contributed by atoms with Crippen molar-refractivity contribution in [2.45, 2.75) is 83.6 Å². The van der Waals surface area contributed by atoms with Crippen molar-refractivity contribution in [3.05, 3.63) is 0 Å². The Labute approximate surface area is 122 Å². The first-order chi connectivity index (χ1) is 9.55. The Morgan fingerprint density at radius 3 is 2.00 bits per heavy atom. The summed E-state index contributed by atoms with van der Waals surface area (Å²) in [5.41, 5.74) is 0. The predicted octanol–water partition coefficient (Wildman–Crippen LogP) is 5.01. The lowest BCUT2D eigenvalue weighted by molar-refractivity contribution is -0.0530. The molecule has 0 heterocycles. The summed E-state index contributed by atoms with van der Waals surface area (Å²) < 4.78 is 26.7. The molecule has 0 amide bonds. The normalized spacial score (nSPS) is 33.0. The highest BCUT2D eigenvalue weighted by molar-refractivity contribution is 4.90. The van der Waals surface area contributed by atoms with Gasteiger partial charge in [-0.15, -0.1) is 0 Å². The Balaban J connectivity index is 1.90. The van der Waals surface area contributed by atoms with Crippen LogP contribution in [0.3, 0.4) is 0 Å². The van der Waals surface area contributed by atoms with Crippen molar-refractivity contribution in [1.29, 1.82) is 0 Å². The van der Waals surface area contributed by atoms with E-state index in [1.54, 1.807) is 0 Å². The molecule has 1 N–H and O–H groups in total. The van der Waals surface area contributed by atoms with Crippen LogP contribution in [0.5, 0.6) is 0 Å². The molecule has 0 aromatic rings. The van der Waals surface area contributed by atoms with Crippen molar-refractivity contribution in [3.8, 4) is 0 Å². The number of hydrogen-bond acceptors (Lipinski definition) is 1. The molecule has 0 bridgehead atoms. The number of nitrogens with one attached hydrogen (secondary N) is 1. The molecule has 1 unspecified atom stereocenters. The summed E-state index contributed by atoms with van der Waals surface area (Å²) in [6, 6.07) is 0.480. The van der Waals surface area contributed by atoms with Gasteiger partial charge in [-0.05, 0) is 50.0 Å². The van der Waals surface area contributed by atoms with Gasteiger partial charge in [0.1, 0.15) is 0 Å².